The largest absolute Gasteiger partial charge is 0.337 e. The van der Waals surface area contributed by atoms with Gasteiger partial charge in [-0.25, -0.2) is 23.4 Å². The number of nitrogens with zero attached hydrogens (tertiary/aromatic N) is 6. The number of fused-ring (bicyclic) bond motifs is 1. The smallest absolute Gasteiger partial charge is 0.291 e. The number of aryl methyl sites for hydroxylation is 2. The van der Waals surface area contributed by atoms with E-state index in [0.29, 0.717) is 18.8 Å². The van der Waals surface area contributed by atoms with E-state index in [0.717, 1.165) is 23.7 Å². The summed E-state index contributed by atoms with van der Waals surface area (Å²) in [4.78, 5) is 35.3. The molecule has 0 spiro atoms. The van der Waals surface area contributed by atoms with Gasteiger partial charge in [0.15, 0.2) is 0 Å². The fourth-order valence-electron chi connectivity index (χ4n) is 3.79. The van der Waals surface area contributed by atoms with E-state index in [1.54, 1.807) is 7.05 Å². The van der Waals surface area contributed by atoms with Crippen molar-refractivity contribution >= 4 is 17.6 Å². The minimum atomic E-state index is -0.771. The van der Waals surface area contributed by atoms with Gasteiger partial charge >= 0.3 is 0 Å². The van der Waals surface area contributed by atoms with E-state index >= 15 is 0 Å². The van der Waals surface area contributed by atoms with Crippen molar-refractivity contribution in [3.05, 3.63) is 59.1 Å². The standard InChI is InChI=1S/C20H21F2N7O2/c1-11-19-27(3)20(31)16(7-8-29(19)12(2)24-11)25-18(30)17-23-10-28(26-17)9-13-14(21)5-4-6-15(13)22/h4-6,10,16H,7-9H2,1-3H3,(H,25,30)/t16-/m1/s1. The van der Waals surface area contributed by atoms with E-state index in [9.17, 15) is 18.4 Å². The molecule has 162 valence electrons. The molecule has 0 fully saturated rings. The van der Waals surface area contributed by atoms with Crippen LogP contribution in [0.4, 0.5) is 14.6 Å². The van der Waals surface area contributed by atoms with Gasteiger partial charge in [-0.1, -0.05) is 6.07 Å². The monoisotopic (exact) mass is 429 g/mol. The molecule has 0 radical (unpaired) electrons. The Morgan fingerprint density at radius 3 is 2.68 bits per heavy atom. The molecule has 0 saturated heterocycles. The molecule has 0 aliphatic carbocycles. The van der Waals surface area contributed by atoms with E-state index in [1.165, 1.54) is 22.0 Å². The van der Waals surface area contributed by atoms with E-state index in [1.807, 2.05) is 18.4 Å². The third-order valence-corrected chi connectivity index (χ3v) is 5.31. The van der Waals surface area contributed by atoms with Crippen LogP contribution in [-0.2, 0) is 17.9 Å². The Hall–Kier alpha value is -3.63. The SMILES string of the molecule is Cc1nc(C)n2c1N(C)C(=O)[C@H](NC(=O)c1ncn(Cc3c(F)cccc3F)n1)CC2. The number of aromatic nitrogens is 5. The number of rotatable bonds is 4. The van der Waals surface area contributed by atoms with Crippen LogP contribution in [0.3, 0.4) is 0 Å². The molecule has 1 atom stereocenters. The summed E-state index contributed by atoms with van der Waals surface area (Å²) in [6.45, 7) is 3.99. The Kier molecular flexibility index (Phi) is 5.25. The van der Waals surface area contributed by atoms with E-state index in [-0.39, 0.29) is 23.8 Å². The van der Waals surface area contributed by atoms with Crippen molar-refractivity contribution in [2.75, 3.05) is 11.9 Å². The lowest BCUT2D eigenvalue weighted by molar-refractivity contribution is -0.120. The van der Waals surface area contributed by atoms with Gasteiger partial charge in [0.1, 0.15) is 35.6 Å². The minimum absolute atomic E-state index is 0.179. The number of halogens is 2. The van der Waals surface area contributed by atoms with Crippen LogP contribution >= 0.6 is 0 Å². The molecular weight excluding hydrogens is 408 g/mol. The number of hydrogen-bond donors (Lipinski definition) is 1. The molecule has 0 bridgehead atoms. The van der Waals surface area contributed by atoms with Gasteiger partial charge in [-0.05, 0) is 32.4 Å². The van der Waals surface area contributed by atoms with Crippen LogP contribution in [0.2, 0.25) is 0 Å². The molecule has 4 rings (SSSR count). The van der Waals surface area contributed by atoms with Crippen molar-refractivity contribution in [3.8, 4) is 0 Å². The van der Waals surface area contributed by atoms with Crippen molar-refractivity contribution in [3.63, 3.8) is 0 Å². The molecule has 31 heavy (non-hydrogen) atoms. The molecule has 3 heterocycles. The molecule has 3 aromatic rings. The van der Waals surface area contributed by atoms with Gasteiger partial charge in [0.2, 0.25) is 5.82 Å². The molecule has 1 aromatic carbocycles. The second kappa shape index (κ2) is 7.89. The van der Waals surface area contributed by atoms with Crippen LogP contribution in [0.15, 0.2) is 24.5 Å². The molecule has 11 heteroatoms. The summed E-state index contributed by atoms with van der Waals surface area (Å²) in [6.07, 6.45) is 1.59. The van der Waals surface area contributed by atoms with Gasteiger partial charge < -0.3 is 9.88 Å². The summed E-state index contributed by atoms with van der Waals surface area (Å²) in [5, 5.41) is 6.67. The quantitative estimate of drug-likeness (QED) is 0.679. The van der Waals surface area contributed by atoms with Gasteiger partial charge in [0.05, 0.1) is 12.2 Å². The number of carbonyl (C=O) groups excluding carboxylic acids is 2. The molecule has 1 aliphatic heterocycles. The normalized spacial score (nSPS) is 16.2. The van der Waals surface area contributed by atoms with Crippen LogP contribution in [0.25, 0.3) is 0 Å². The Balaban J connectivity index is 1.48. The van der Waals surface area contributed by atoms with E-state index in [2.05, 4.69) is 20.4 Å². The van der Waals surface area contributed by atoms with Gasteiger partial charge in [-0.3, -0.25) is 14.5 Å². The first-order valence-corrected chi connectivity index (χ1v) is 9.70. The van der Waals surface area contributed by atoms with Crippen LogP contribution in [-0.4, -0.2) is 49.2 Å². The molecule has 9 nitrogen and oxygen atoms in total. The number of hydrogen-bond acceptors (Lipinski definition) is 5. The maximum Gasteiger partial charge on any atom is 0.291 e. The number of nitrogens with one attached hydrogen (secondary N) is 1. The molecule has 2 amide bonds. The van der Waals surface area contributed by atoms with Crippen LogP contribution in [0.1, 0.15) is 34.1 Å². The zero-order valence-corrected chi connectivity index (χ0v) is 17.3. The van der Waals surface area contributed by atoms with Crippen LogP contribution in [0, 0.1) is 25.5 Å². The first kappa shape index (κ1) is 20.6. The lowest BCUT2D eigenvalue weighted by atomic mass is 10.2. The maximum absolute atomic E-state index is 13.8. The van der Waals surface area contributed by atoms with Crippen molar-refractivity contribution < 1.29 is 18.4 Å². The van der Waals surface area contributed by atoms with Crippen LogP contribution in [0.5, 0.6) is 0 Å². The Morgan fingerprint density at radius 2 is 1.97 bits per heavy atom. The lowest BCUT2D eigenvalue weighted by Gasteiger charge is -2.20. The predicted molar refractivity (Wildman–Crippen MR) is 106 cm³/mol. The van der Waals surface area contributed by atoms with Gasteiger partial charge in [0.25, 0.3) is 11.8 Å². The molecular formula is C20H21F2N7O2. The maximum atomic E-state index is 13.8. The fraction of sp³-hybridized carbons (Fsp3) is 0.350. The number of likely N-dealkylation sites (N-methyl/N-ethyl adjacent to an activating group) is 1. The van der Waals surface area contributed by atoms with Crippen molar-refractivity contribution in [2.45, 2.75) is 39.4 Å². The molecule has 1 N–H and O–H groups in total. The molecule has 1 aliphatic rings. The zero-order valence-electron chi connectivity index (χ0n) is 17.3. The average Bonchev–Trinajstić information content (AvgIpc) is 3.27. The highest BCUT2D eigenvalue weighted by molar-refractivity contribution is 6.01. The van der Waals surface area contributed by atoms with Crippen molar-refractivity contribution in [2.24, 2.45) is 0 Å². The second-order valence-electron chi connectivity index (χ2n) is 7.40. The number of amides is 2. The fourth-order valence-corrected chi connectivity index (χ4v) is 3.79. The van der Waals surface area contributed by atoms with E-state index in [4.69, 9.17) is 0 Å². The molecule has 0 unspecified atom stereocenters. The number of imidazole rings is 1. The lowest BCUT2D eigenvalue weighted by Crippen LogP contribution is -2.47. The predicted octanol–water partition coefficient (Wildman–Crippen LogP) is 1.58. The van der Waals surface area contributed by atoms with Gasteiger partial charge in [-0.2, -0.15) is 0 Å². The highest BCUT2D eigenvalue weighted by Crippen LogP contribution is 2.25. The summed E-state index contributed by atoms with van der Waals surface area (Å²) < 4.78 is 30.8. The summed E-state index contributed by atoms with van der Waals surface area (Å²) in [5.41, 5.74) is 0.558. The third kappa shape index (κ3) is 3.78. The summed E-state index contributed by atoms with van der Waals surface area (Å²) in [7, 11) is 1.64. The van der Waals surface area contributed by atoms with E-state index < -0.39 is 23.6 Å². The zero-order chi connectivity index (χ0) is 22.3. The first-order valence-electron chi connectivity index (χ1n) is 9.70. The summed E-state index contributed by atoms with van der Waals surface area (Å²) >= 11 is 0. The Morgan fingerprint density at radius 1 is 1.26 bits per heavy atom. The average molecular weight is 429 g/mol. The molecule has 0 saturated carbocycles. The second-order valence-corrected chi connectivity index (χ2v) is 7.40. The Labute approximate surface area is 176 Å². The highest BCUT2D eigenvalue weighted by atomic mass is 19.1. The number of benzene rings is 1. The highest BCUT2D eigenvalue weighted by Gasteiger charge is 2.32. The number of carbonyl (C=O) groups is 2. The first-order chi connectivity index (χ1) is 14.8. The minimum Gasteiger partial charge on any atom is -0.337 e. The third-order valence-electron chi connectivity index (χ3n) is 5.31. The van der Waals surface area contributed by atoms with Gasteiger partial charge in [-0.15, -0.1) is 5.10 Å². The Bertz CT molecular complexity index is 1150. The summed E-state index contributed by atoms with van der Waals surface area (Å²) in [5.74, 6) is -1.03. The van der Waals surface area contributed by atoms with Crippen LogP contribution < -0.4 is 10.2 Å². The topological polar surface area (TPSA) is 97.9 Å². The number of anilines is 1. The summed E-state index contributed by atoms with van der Waals surface area (Å²) in [6, 6.07) is 2.79. The van der Waals surface area contributed by atoms with Gasteiger partial charge in [0, 0.05) is 19.2 Å². The van der Waals surface area contributed by atoms with Crippen molar-refractivity contribution in [1.82, 2.24) is 29.6 Å². The van der Waals surface area contributed by atoms with Crippen molar-refractivity contribution in [1.29, 1.82) is 0 Å². The molecule has 2 aromatic heterocycles.